The average molecular weight is 372 g/mol. The second-order valence-electron chi connectivity index (χ2n) is 6.63. The van der Waals surface area contributed by atoms with Gasteiger partial charge >= 0.3 is 0 Å². The first-order chi connectivity index (χ1) is 13.6. The number of rotatable bonds is 6. The van der Waals surface area contributed by atoms with Crippen LogP contribution in [-0.2, 0) is 6.54 Å². The van der Waals surface area contributed by atoms with Gasteiger partial charge in [-0.25, -0.2) is 0 Å². The second-order valence-corrected chi connectivity index (χ2v) is 6.63. The van der Waals surface area contributed by atoms with Gasteiger partial charge in [0.2, 0.25) is 0 Å². The number of para-hydroxylation sites is 1. The number of amides is 2. The highest BCUT2D eigenvalue weighted by molar-refractivity contribution is 6.07. The number of aryl methyl sites for hydroxylation is 1. The molecule has 0 aromatic heterocycles. The molecule has 28 heavy (non-hydrogen) atoms. The zero-order valence-corrected chi connectivity index (χ0v) is 16.2. The monoisotopic (exact) mass is 372 g/mol. The summed E-state index contributed by atoms with van der Waals surface area (Å²) in [6.07, 6.45) is 0. The van der Waals surface area contributed by atoms with Crippen LogP contribution in [0.3, 0.4) is 0 Å². The third-order valence-electron chi connectivity index (χ3n) is 4.57. The van der Waals surface area contributed by atoms with Gasteiger partial charge in [-0.3, -0.25) is 9.59 Å². The number of carbonyl (C=O) groups is 2. The Hall–Kier alpha value is -3.40. The molecule has 0 saturated carbocycles. The van der Waals surface area contributed by atoms with Crippen LogP contribution in [0.1, 0.15) is 38.8 Å². The summed E-state index contributed by atoms with van der Waals surface area (Å²) < 4.78 is 0. The first-order valence-corrected chi connectivity index (χ1v) is 9.39. The van der Waals surface area contributed by atoms with E-state index in [0.29, 0.717) is 24.2 Å². The van der Waals surface area contributed by atoms with Gasteiger partial charge in [0.25, 0.3) is 11.8 Å². The zero-order chi connectivity index (χ0) is 19.9. The Labute approximate surface area is 165 Å². The predicted octanol–water partition coefficient (Wildman–Crippen LogP) is 4.59. The van der Waals surface area contributed by atoms with E-state index in [0.717, 1.165) is 11.3 Å². The van der Waals surface area contributed by atoms with Crippen molar-refractivity contribution in [3.63, 3.8) is 0 Å². The van der Waals surface area contributed by atoms with Gasteiger partial charge in [0.1, 0.15) is 0 Å². The lowest BCUT2D eigenvalue weighted by Gasteiger charge is -2.21. The molecule has 0 saturated heterocycles. The summed E-state index contributed by atoms with van der Waals surface area (Å²) in [5, 5.41) is 2.91. The van der Waals surface area contributed by atoms with Crippen molar-refractivity contribution in [1.29, 1.82) is 0 Å². The number of hydrogen-bond acceptors (Lipinski definition) is 2. The standard InChI is InChI=1S/C24H24N2O2/c1-3-26(22-10-5-4-6-11-22)24(28)21-9-7-8-20(16-21)23(27)25-17-19-14-12-18(2)13-15-19/h4-16H,3,17H2,1-2H3,(H,25,27). The molecule has 4 heteroatoms. The van der Waals surface area contributed by atoms with E-state index < -0.39 is 0 Å². The highest BCUT2D eigenvalue weighted by Gasteiger charge is 2.17. The fraction of sp³-hybridized carbons (Fsp3) is 0.167. The minimum atomic E-state index is -0.196. The molecule has 3 rings (SSSR count). The van der Waals surface area contributed by atoms with Gasteiger partial charge in [0, 0.05) is 29.9 Å². The van der Waals surface area contributed by atoms with Crippen molar-refractivity contribution in [3.05, 3.63) is 101 Å². The number of anilines is 1. The van der Waals surface area contributed by atoms with E-state index >= 15 is 0 Å². The Kier molecular flexibility index (Phi) is 6.22. The lowest BCUT2D eigenvalue weighted by molar-refractivity contribution is 0.0951. The van der Waals surface area contributed by atoms with Gasteiger partial charge in [-0.1, -0.05) is 54.1 Å². The second kappa shape index (κ2) is 9.00. The van der Waals surface area contributed by atoms with E-state index in [9.17, 15) is 9.59 Å². The predicted molar refractivity (Wildman–Crippen MR) is 113 cm³/mol. The minimum Gasteiger partial charge on any atom is -0.348 e. The van der Waals surface area contributed by atoms with Crippen LogP contribution in [0.4, 0.5) is 5.69 Å². The molecule has 0 atom stereocenters. The van der Waals surface area contributed by atoms with Crippen molar-refractivity contribution >= 4 is 17.5 Å². The molecule has 4 nitrogen and oxygen atoms in total. The highest BCUT2D eigenvalue weighted by Crippen LogP contribution is 2.17. The summed E-state index contributed by atoms with van der Waals surface area (Å²) in [7, 11) is 0. The minimum absolute atomic E-state index is 0.123. The maximum absolute atomic E-state index is 13.0. The van der Waals surface area contributed by atoms with Crippen molar-refractivity contribution in [2.24, 2.45) is 0 Å². The average Bonchev–Trinajstić information content (AvgIpc) is 2.74. The quantitative estimate of drug-likeness (QED) is 0.688. The number of carbonyl (C=O) groups excluding carboxylic acids is 2. The van der Waals surface area contributed by atoms with Crippen LogP contribution in [0.2, 0.25) is 0 Å². The van der Waals surface area contributed by atoms with Gasteiger partial charge in [-0.05, 0) is 49.7 Å². The van der Waals surface area contributed by atoms with Crippen LogP contribution >= 0.6 is 0 Å². The molecule has 0 aliphatic carbocycles. The summed E-state index contributed by atoms with van der Waals surface area (Å²) in [5.41, 5.74) is 4.02. The normalized spacial score (nSPS) is 10.4. The number of benzene rings is 3. The number of hydrogen-bond donors (Lipinski definition) is 1. The van der Waals surface area contributed by atoms with Gasteiger partial charge < -0.3 is 10.2 Å². The van der Waals surface area contributed by atoms with Gasteiger partial charge in [0.05, 0.1) is 0 Å². The molecule has 1 N–H and O–H groups in total. The highest BCUT2D eigenvalue weighted by atomic mass is 16.2. The third-order valence-corrected chi connectivity index (χ3v) is 4.57. The molecule has 0 aliphatic heterocycles. The van der Waals surface area contributed by atoms with Gasteiger partial charge in [0.15, 0.2) is 0 Å². The summed E-state index contributed by atoms with van der Waals surface area (Å²) in [6, 6.07) is 24.4. The molecule has 0 bridgehead atoms. The molecule has 0 heterocycles. The SMILES string of the molecule is CCN(C(=O)c1cccc(C(=O)NCc2ccc(C)cc2)c1)c1ccccc1. The molecule has 0 radical (unpaired) electrons. The molecule has 0 unspecified atom stereocenters. The Morgan fingerprint density at radius 1 is 0.857 bits per heavy atom. The Morgan fingerprint density at radius 2 is 1.54 bits per heavy atom. The van der Waals surface area contributed by atoms with Crippen LogP contribution in [0.15, 0.2) is 78.9 Å². The lowest BCUT2D eigenvalue weighted by atomic mass is 10.1. The Balaban J connectivity index is 1.72. The smallest absolute Gasteiger partial charge is 0.258 e. The van der Waals surface area contributed by atoms with Gasteiger partial charge in [-0.2, -0.15) is 0 Å². The van der Waals surface area contributed by atoms with Crippen LogP contribution in [-0.4, -0.2) is 18.4 Å². The first-order valence-electron chi connectivity index (χ1n) is 9.39. The van der Waals surface area contributed by atoms with E-state index in [2.05, 4.69) is 5.32 Å². The third kappa shape index (κ3) is 4.65. The van der Waals surface area contributed by atoms with Gasteiger partial charge in [-0.15, -0.1) is 0 Å². The Morgan fingerprint density at radius 3 is 2.21 bits per heavy atom. The van der Waals surface area contributed by atoms with Crippen molar-refractivity contribution in [1.82, 2.24) is 5.32 Å². The molecule has 3 aromatic carbocycles. The maximum Gasteiger partial charge on any atom is 0.258 e. The molecule has 0 fully saturated rings. The van der Waals surface area contributed by atoms with Crippen LogP contribution in [0.5, 0.6) is 0 Å². The number of nitrogens with one attached hydrogen (secondary N) is 1. The van der Waals surface area contributed by atoms with E-state index in [1.54, 1.807) is 29.2 Å². The molecule has 142 valence electrons. The molecule has 3 aromatic rings. The molecule has 2 amide bonds. The summed E-state index contributed by atoms with van der Waals surface area (Å²) in [6.45, 7) is 4.96. The summed E-state index contributed by atoms with van der Waals surface area (Å²) in [5.74, 6) is -0.320. The molecule has 0 spiro atoms. The summed E-state index contributed by atoms with van der Waals surface area (Å²) in [4.78, 5) is 27.2. The van der Waals surface area contributed by atoms with E-state index in [4.69, 9.17) is 0 Å². The van der Waals surface area contributed by atoms with Crippen molar-refractivity contribution < 1.29 is 9.59 Å². The topological polar surface area (TPSA) is 49.4 Å². The fourth-order valence-corrected chi connectivity index (χ4v) is 2.99. The van der Waals surface area contributed by atoms with Crippen LogP contribution in [0.25, 0.3) is 0 Å². The van der Waals surface area contributed by atoms with Crippen molar-refractivity contribution in [3.8, 4) is 0 Å². The largest absolute Gasteiger partial charge is 0.348 e. The fourth-order valence-electron chi connectivity index (χ4n) is 2.99. The Bertz CT molecular complexity index is 950. The van der Waals surface area contributed by atoms with Crippen molar-refractivity contribution in [2.75, 3.05) is 11.4 Å². The molecule has 0 aliphatic rings. The van der Waals surface area contributed by atoms with Crippen molar-refractivity contribution in [2.45, 2.75) is 20.4 Å². The van der Waals surface area contributed by atoms with E-state index in [1.165, 1.54) is 5.56 Å². The van der Waals surface area contributed by atoms with E-state index in [-0.39, 0.29) is 11.8 Å². The van der Waals surface area contributed by atoms with Crippen LogP contribution < -0.4 is 10.2 Å². The molecular formula is C24H24N2O2. The van der Waals surface area contributed by atoms with Crippen LogP contribution in [0, 0.1) is 6.92 Å². The van der Waals surface area contributed by atoms with E-state index in [1.807, 2.05) is 68.4 Å². The zero-order valence-electron chi connectivity index (χ0n) is 16.2. The summed E-state index contributed by atoms with van der Waals surface area (Å²) >= 11 is 0. The first kappa shape index (κ1) is 19.4. The molecular weight excluding hydrogens is 348 g/mol. The lowest BCUT2D eigenvalue weighted by Crippen LogP contribution is -2.31. The number of nitrogens with zero attached hydrogens (tertiary/aromatic N) is 1. The maximum atomic E-state index is 13.0.